The Bertz CT molecular complexity index is 593. The Balaban J connectivity index is 1.48. The predicted octanol–water partition coefficient (Wildman–Crippen LogP) is 3.07. The second kappa shape index (κ2) is 4.83. The Hall–Kier alpha value is -1.35. The molecule has 4 fully saturated rings. The number of hydrogen-bond acceptors (Lipinski definition) is 2. The Morgan fingerprint density at radius 1 is 1.00 bits per heavy atom. The average molecular weight is 310 g/mol. The molecule has 4 saturated carbocycles. The van der Waals surface area contributed by atoms with E-state index in [1.807, 2.05) is 0 Å². The van der Waals surface area contributed by atoms with Gasteiger partial charge in [0.2, 0.25) is 5.91 Å². The summed E-state index contributed by atoms with van der Waals surface area (Å²) in [6.07, 6.45) is 7.93. The SMILES string of the molecule is NC(=O)C(N1Cc2ccccc2C1)C12CC3CC(CC(C3)C1)C2. The maximum Gasteiger partial charge on any atom is 0.235 e. The summed E-state index contributed by atoms with van der Waals surface area (Å²) in [7, 11) is 0. The number of amides is 1. The van der Waals surface area contributed by atoms with Crippen LogP contribution in [0.3, 0.4) is 0 Å². The van der Waals surface area contributed by atoms with Crippen molar-refractivity contribution in [3.05, 3.63) is 35.4 Å². The summed E-state index contributed by atoms with van der Waals surface area (Å²) in [6.45, 7) is 1.79. The molecule has 1 atom stereocenters. The standard InChI is InChI=1S/C20H26N2O/c21-19(23)18(22-11-16-3-1-2-4-17(16)12-22)20-8-13-5-14(9-20)7-15(6-13)10-20/h1-4,13-15,18H,5-12H2,(H2,21,23). The first kappa shape index (κ1) is 14.0. The summed E-state index contributed by atoms with van der Waals surface area (Å²) in [5, 5.41) is 0. The number of benzene rings is 1. The van der Waals surface area contributed by atoms with Gasteiger partial charge in [-0.15, -0.1) is 0 Å². The van der Waals surface area contributed by atoms with Crippen LogP contribution in [0.25, 0.3) is 0 Å². The Kier molecular flexibility index (Phi) is 2.94. The molecule has 122 valence electrons. The first-order valence-electron chi connectivity index (χ1n) is 9.23. The van der Waals surface area contributed by atoms with Crippen molar-refractivity contribution in [3.63, 3.8) is 0 Å². The van der Waals surface area contributed by atoms with E-state index in [0.29, 0.717) is 0 Å². The van der Waals surface area contributed by atoms with Gasteiger partial charge in [0, 0.05) is 13.1 Å². The number of primary amides is 1. The third-order valence-corrected chi connectivity index (χ3v) is 7.17. The molecule has 23 heavy (non-hydrogen) atoms. The molecule has 6 rings (SSSR count). The fourth-order valence-corrected chi connectivity index (χ4v) is 6.92. The summed E-state index contributed by atoms with van der Waals surface area (Å²) >= 11 is 0. The van der Waals surface area contributed by atoms with Gasteiger partial charge >= 0.3 is 0 Å². The highest BCUT2D eigenvalue weighted by Gasteiger charge is 2.57. The number of fused-ring (bicyclic) bond motifs is 1. The minimum Gasteiger partial charge on any atom is -0.368 e. The molecule has 0 spiro atoms. The summed E-state index contributed by atoms with van der Waals surface area (Å²) in [5.41, 5.74) is 8.92. The number of carbonyl (C=O) groups is 1. The lowest BCUT2D eigenvalue weighted by atomic mass is 9.47. The molecule has 0 saturated heterocycles. The quantitative estimate of drug-likeness (QED) is 0.932. The molecule has 3 nitrogen and oxygen atoms in total. The van der Waals surface area contributed by atoms with Gasteiger partial charge in [0.25, 0.3) is 0 Å². The molecule has 0 radical (unpaired) electrons. The first-order valence-corrected chi connectivity index (χ1v) is 9.23. The Labute approximate surface area is 138 Å². The number of rotatable bonds is 3. The van der Waals surface area contributed by atoms with Crippen LogP contribution in [-0.2, 0) is 17.9 Å². The van der Waals surface area contributed by atoms with Gasteiger partial charge in [0.15, 0.2) is 0 Å². The zero-order valence-electron chi connectivity index (χ0n) is 13.7. The topological polar surface area (TPSA) is 46.3 Å². The maximum absolute atomic E-state index is 12.5. The molecule has 5 aliphatic rings. The van der Waals surface area contributed by atoms with Crippen LogP contribution in [0.15, 0.2) is 24.3 Å². The number of nitrogens with zero attached hydrogens (tertiary/aromatic N) is 1. The zero-order chi connectivity index (χ0) is 15.6. The molecule has 1 aliphatic heterocycles. The summed E-state index contributed by atoms with van der Waals surface area (Å²) in [5.74, 6) is 2.48. The van der Waals surface area contributed by atoms with Crippen molar-refractivity contribution < 1.29 is 4.79 Å². The van der Waals surface area contributed by atoms with Crippen molar-refractivity contribution in [3.8, 4) is 0 Å². The molecule has 1 amide bonds. The third kappa shape index (κ3) is 2.09. The molecule has 1 aromatic rings. The van der Waals surface area contributed by atoms with E-state index in [1.54, 1.807) is 0 Å². The van der Waals surface area contributed by atoms with Gasteiger partial charge in [-0.2, -0.15) is 0 Å². The Morgan fingerprint density at radius 3 is 1.91 bits per heavy atom. The number of nitrogens with two attached hydrogens (primary N) is 1. The average Bonchev–Trinajstić information content (AvgIpc) is 2.87. The molecular formula is C20H26N2O. The lowest BCUT2D eigenvalue weighted by molar-refractivity contribution is -0.143. The monoisotopic (exact) mass is 310 g/mol. The van der Waals surface area contributed by atoms with Crippen molar-refractivity contribution in [1.29, 1.82) is 0 Å². The van der Waals surface area contributed by atoms with Gasteiger partial charge in [0.05, 0.1) is 6.04 Å². The smallest absolute Gasteiger partial charge is 0.235 e. The van der Waals surface area contributed by atoms with Crippen LogP contribution in [0.5, 0.6) is 0 Å². The molecule has 4 bridgehead atoms. The van der Waals surface area contributed by atoms with E-state index in [2.05, 4.69) is 29.2 Å². The zero-order valence-corrected chi connectivity index (χ0v) is 13.7. The largest absolute Gasteiger partial charge is 0.368 e. The van der Waals surface area contributed by atoms with E-state index in [1.165, 1.54) is 49.7 Å². The summed E-state index contributed by atoms with van der Waals surface area (Å²) in [6, 6.07) is 8.54. The second-order valence-corrected chi connectivity index (χ2v) is 8.76. The molecule has 0 aromatic heterocycles. The third-order valence-electron chi connectivity index (χ3n) is 7.17. The predicted molar refractivity (Wildman–Crippen MR) is 89.3 cm³/mol. The minimum absolute atomic E-state index is 0.0664. The van der Waals surface area contributed by atoms with Crippen molar-refractivity contribution in [2.24, 2.45) is 28.9 Å². The molecule has 1 aromatic carbocycles. The van der Waals surface area contributed by atoms with E-state index in [-0.39, 0.29) is 17.4 Å². The van der Waals surface area contributed by atoms with E-state index in [4.69, 9.17) is 5.73 Å². The van der Waals surface area contributed by atoms with Crippen molar-refractivity contribution >= 4 is 5.91 Å². The van der Waals surface area contributed by atoms with Gasteiger partial charge in [-0.1, -0.05) is 24.3 Å². The first-order chi connectivity index (χ1) is 11.1. The van der Waals surface area contributed by atoms with Crippen LogP contribution in [0, 0.1) is 23.2 Å². The van der Waals surface area contributed by atoms with Gasteiger partial charge < -0.3 is 5.73 Å². The molecule has 3 heteroatoms. The highest BCUT2D eigenvalue weighted by atomic mass is 16.1. The fourth-order valence-electron chi connectivity index (χ4n) is 6.92. The van der Waals surface area contributed by atoms with Crippen LogP contribution in [0.1, 0.15) is 49.7 Å². The van der Waals surface area contributed by atoms with E-state index < -0.39 is 0 Å². The second-order valence-electron chi connectivity index (χ2n) is 8.76. The fraction of sp³-hybridized carbons (Fsp3) is 0.650. The number of carbonyl (C=O) groups excluding carboxylic acids is 1. The molecular weight excluding hydrogens is 284 g/mol. The summed E-state index contributed by atoms with van der Waals surface area (Å²) < 4.78 is 0. The molecule has 4 aliphatic carbocycles. The van der Waals surface area contributed by atoms with Crippen LogP contribution in [-0.4, -0.2) is 16.8 Å². The van der Waals surface area contributed by atoms with Gasteiger partial charge in [-0.05, 0) is 72.8 Å². The van der Waals surface area contributed by atoms with Gasteiger partial charge in [-0.3, -0.25) is 9.69 Å². The van der Waals surface area contributed by atoms with Gasteiger partial charge in [-0.25, -0.2) is 0 Å². The lowest BCUT2D eigenvalue weighted by Gasteiger charge is -2.60. The van der Waals surface area contributed by atoms with E-state index >= 15 is 0 Å². The van der Waals surface area contributed by atoms with Crippen molar-refractivity contribution in [2.75, 3.05) is 0 Å². The summed E-state index contributed by atoms with van der Waals surface area (Å²) in [4.78, 5) is 14.9. The Morgan fingerprint density at radius 2 is 1.48 bits per heavy atom. The van der Waals surface area contributed by atoms with E-state index in [0.717, 1.165) is 30.8 Å². The molecule has 1 unspecified atom stereocenters. The number of hydrogen-bond donors (Lipinski definition) is 1. The highest BCUT2D eigenvalue weighted by Crippen LogP contribution is 2.62. The minimum atomic E-state index is -0.0836. The van der Waals surface area contributed by atoms with Gasteiger partial charge in [0.1, 0.15) is 0 Å². The molecule has 1 heterocycles. The molecule has 2 N–H and O–H groups in total. The van der Waals surface area contributed by atoms with Crippen LogP contribution >= 0.6 is 0 Å². The van der Waals surface area contributed by atoms with E-state index in [9.17, 15) is 4.79 Å². The van der Waals surface area contributed by atoms with Crippen molar-refractivity contribution in [1.82, 2.24) is 4.90 Å². The van der Waals surface area contributed by atoms with Crippen LogP contribution in [0.2, 0.25) is 0 Å². The van der Waals surface area contributed by atoms with Crippen molar-refractivity contribution in [2.45, 2.75) is 57.7 Å². The normalized spacial score (nSPS) is 39.4. The van der Waals surface area contributed by atoms with Crippen LogP contribution < -0.4 is 5.73 Å². The highest BCUT2D eigenvalue weighted by molar-refractivity contribution is 5.81. The van der Waals surface area contributed by atoms with Crippen LogP contribution in [0.4, 0.5) is 0 Å². The lowest BCUT2D eigenvalue weighted by Crippen LogP contribution is -2.60. The maximum atomic E-state index is 12.5.